The molecule has 17 heavy (non-hydrogen) atoms. The van der Waals surface area contributed by atoms with Gasteiger partial charge in [0.25, 0.3) is 0 Å². The Morgan fingerprint density at radius 2 is 2.18 bits per heavy atom. The Hall–Kier alpha value is -1.55. The number of rotatable bonds is 3. The maximum absolute atomic E-state index is 5.79. The Morgan fingerprint density at radius 1 is 1.35 bits per heavy atom. The van der Waals surface area contributed by atoms with Gasteiger partial charge in [-0.15, -0.1) is 0 Å². The number of anilines is 1. The standard InChI is InChI=1S/C13H13BrN2O/c1-9-7-16-13(6-12(9)15)17-8-10-3-2-4-11(14)5-10/h2-7H,8H2,1H3,(H2,15,16). The zero-order chi connectivity index (χ0) is 12.3. The molecule has 3 nitrogen and oxygen atoms in total. The second kappa shape index (κ2) is 5.19. The smallest absolute Gasteiger partial charge is 0.215 e. The zero-order valence-corrected chi connectivity index (χ0v) is 11.1. The van der Waals surface area contributed by atoms with Crippen molar-refractivity contribution < 1.29 is 4.74 Å². The van der Waals surface area contributed by atoms with Crippen LogP contribution in [-0.2, 0) is 6.61 Å². The van der Waals surface area contributed by atoms with Crippen LogP contribution in [0, 0.1) is 6.92 Å². The monoisotopic (exact) mass is 292 g/mol. The lowest BCUT2D eigenvalue weighted by Crippen LogP contribution is -1.99. The number of halogens is 1. The zero-order valence-electron chi connectivity index (χ0n) is 9.48. The van der Waals surface area contributed by atoms with Crippen LogP contribution in [0.1, 0.15) is 11.1 Å². The van der Waals surface area contributed by atoms with Crippen molar-refractivity contribution in [2.75, 3.05) is 5.73 Å². The van der Waals surface area contributed by atoms with Crippen LogP contribution in [0.4, 0.5) is 5.69 Å². The van der Waals surface area contributed by atoms with Crippen LogP contribution in [-0.4, -0.2) is 4.98 Å². The van der Waals surface area contributed by atoms with Gasteiger partial charge in [-0.3, -0.25) is 0 Å². The molecular weight excluding hydrogens is 280 g/mol. The van der Waals surface area contributed by atoms with Crippen LogP contribution in [0.15, 0.2) is 41.0 Å². The minimum Gasteiger partial charge on any atom is -0.473 e. The fourth-order valence-electron chi connectivity index (χ4n) is 1.38. The third-order valence-electron chi connectivity index (χ3n) is 2.40. The van der Waals surface area contributed by atoms with Gasteiger partial charge >= 0.3 is 0 Å². The summed E-state index contributed by atoms with van der Waals surface area (Å²) in [5.74, 6) is 0.549. The van der Waals surface area contributed by atoms with Gasteiger partial charge in [0.1, 0.15) is 6.61 Å². The molecule has 1 aromatic carbocycles. The third kappa shape index (κ3) is 3.20. The molecule has 4 heteroatoms. The lowest BCUT2D eigenvalue weighted by atomic mass is 10.2. The molecule has 0 unspecified atom stereocenters. The highest BCUT2D eigenvalue weighted by molar-refractivity contribution is 9.10. The Balaban J connectivity index is 2.05. The molecule has 0 spiro atoms. The molecule has 88 valence electrons. The minimum atomic E-state index is 0.481. The molecule has 0 fully saturated rings. The number of aryl methyl sites for hydroxylation is 1. The predicted octanol–water partition coefficient (Wildman–Crippen LogP) is 3.31. The number of nitrogens with two attached hydrogens (primary N) is 1. The molecule has 2 rings (SSSR count). The Bertz CT molecular complexity index is 529. The molecule has 2 aromatic rings. The summed E-state index contributed by atoms with van der Waals surface area (Å²) < 4.78 is 6.61. The van der Waals surface area contributed by atoms with E-state index in [4.69, 9.17) is 10.5 Å². The van der Waals surface area contributed by atoms with Crippen molar-refractivity contribution in [3.63, 3.8) is 0 Å². The summed E-state index contributed by atoms with van der Waals surface area (Å²) >= 11 is 3.42. The molecule has 0 radical (unpaired) electrons. The lowest BCUT2D eigenvalue weighted by Gasteiger charge is -2.07. The van der Waals surface area contributed by atoms with Crippen molar-refractivity contribution in [2.45, 2.75) is 13.5 Å². The summed E-state index contributed by atoms with van der Waals surface area (Å²) in [6, 6.07) is 9.71. The Morgan fingerprint density at radius 3 is 2.88 bits per heavy atom. The molecule has 0 aliphatic carbocycles. The van der Waals surface area contributed by atoms with Crippen molar-refractivity contribution >= 4 is 21.6 Å². The molecule has 0 saturated carbocycles. The average Bonchev–Trinajstić information content (AvgIpc) is 2.31. The molecule has 0 aliphatic rings. The van der Waals surface area contributed by atoms with Gasteiger partial charge in [0.15, 0.2) is 0 Å². The van der Waals surface area contributed by atoms with Crippen molar-refractivity contribution in [2.24, 2.45) is 0 Å². The van der Waals surface area contributed by atoms with Gasteiger partial charge in [-0.2, -0.15) is 0 Å². The largest absolute Gasteiger partial charge is 0.473 e. The lowest BCUT2D eigenvalue weighted by molar-refractivity contribution is 0.294. The number of pyridine rings is 1. The van der Waals surface area contributed by atoms with E-state index in [2.05, 4.69) is 20.9 Å². The third-order valence-corrected chi connectivity index (χ3v) is 2.89. The maximum atomic E-state index is 5.79. The number of nitrogen functional groups attached to an aromatic ring is 1. The first-order valence-corrected chi connectivity index (χ1v) is 6.04. The minimum absolute atomic E-state index is 0.481. The summed E-state index contributed by atoms with van der Waals surface area (Å²) in [7, 11) is 0. The van der Waals surface area contributed by atoms with E-state index in [0.29, 0.717) is 18.2 Å². The van der Waals surface area contributed by atoms with Crippen molar-refractivity contribution in [3.8, 4) is 5.88 Å². The number of hydrogen-bond donors (Lipinski definition) is 1. The first-order valence-electron chi connectivity index (χ1n) is 5.24. The van der Waals surface area contributed by atoms with Gasteiger partial charge in [0.05, 0.1) is 0 Å². The normalized spacial score (nSPS) is 10.2. The van der Waals surface area contributed by atoms with E-state index in [9.17, 15) is 0 Å². The first kappa shape index (κ1) is 11.9. The van der Waals surface area contributed by atoms with Gasteiger partial charge in [-0.25, -0.2) is 4.98 Å². The highest BCUT2D eigenvalue weighted by Gasteiger charge is 2.00. The second-order valence-corrected chi connectivity index (χ2v) is 4.71. The number of aromatic nitrogens is 1. The van der Waals surface area contributed by atoms with Crippen molar-refractivity contribution in [3.05, 3.63) is 52.1 Å². The van der Waals surface area contributed by atoms with E-state index < -0.39 is 0 Å². The van der Waals surface area contributed by atoms with E-state index in [1.165, 1.54) is 0 Å². The predicted molar refractivity (Wildman–Crippen MR) is 71.9 cm³/mol. The summed E-state index contributed by atoms with van der Waals surface area (Å²) in [5, 5.41) is 0. The summed E-state index contributed by atoms with van der Waals surface area (Å²) in [5.41, 5.74) is 8.53. The fourth-order valence-corrected chi connectivity index (χ4v) is 1.83. The molecule has 0 saturated heterocycles. The van der Waals surface area contributed by atoms with Crippen LogP contribution in [0.2, 0.25) is 0 Å². The summed E-state index contributed by atoms with van der Waals surface area (Å²) in [6.45, 7) is 2.40. The Kier molecular flexibility index (Phi) is 3.64. The average molecular weight is 293 g/mol. The molecule has 0 aliphatic heterocycles. The summed E-state index contributed by atoms with van der Waals surface area (Å²) in [6.07, 6.45) is 1.71. The first-order chi connectivity index (χ1) is 8.15. The van der Waals surface area contributed by atoms with Crippen molar-refractivity contribution in [1.82, 2.24) is 4.98 Å². The van der Waals surface area contributed by atoms with Crippen LogP contribution in [0.5, 0.6) is 5.88 Å². The molecule has 2 N–H and O–H groups in total. The maximum Gasteiger partial charge on any atom is 0.215 e. The van der Waals surface area contributed by atoms with E-state index in [1.807, 2.05) is 31.2 Å². The van der Waals surface area contributed by atoms with Gasteiger partial charge in [-0.05, 0) is 30.2 Å². The topological polar surface area (TPSA) is 48.1 Å². The summed E-state index contributed by atoms with van der Waals surface area (Å²) in [4.78, 5) is 4.16. The fraction of sp³-hybridized carbons (Fsp3) is 0.154. The number of nitrogens with zero attached hydrogens (tertiary/aromatic N) is 1. The highest BCUT2D eigenvalue weighted by atomic mass is 79.9. The second-order valence-electron chi connectivity index (χ2n) is 3.80. The van der Waals surface area contributed by atoms with Gasteiger partial charge in [0.2, 0.25) is 5.88 Å². The van der Waals surface area contributed by atoms with E-state index in [0.717, 1.165) is 15.6 Å². The highest BCUT2D eigenvalue weighted by Crippen LogP contribution is 2.17. The molecular formula is C13H13BrN2O. The van der Waals surface area contributed by atoms with Crippen molar-refractivity contribution in [1.29, 1.82) is 0 Å². The van der Waals surface area contributed by atoms with E-state index >= 15 is 0 Å². The Labute approximate surface area is 109 Å². The molecule has 0 bridgehead atoms. The SMILES string of the molecule is Cc1cnc(OCc2cccc(Br)c2)cc1N. The number of ether oxygens (including phenoxy) is 1. The van der Waals surface area contributed by atoms with Gasteiger partial charge < -0.3 is 10.5 Å². The van der Waals surface area contributed by atoms with Gasteiger partial charge in [0, 0.05) is 22.4 Å². The quantitative estimate of drug-likeness (QED) is 0.944. The van der Waals surface area contributed by atoms with Crippen LogP contribution in [0.3, 0.4) is 0 Å². The molecule has 0 amide bonds. The van der Waals surface area contributed by atoms with Gasteiger partial charge in [-0.1, -0.05) is 28.1 Å². The van der Waals surface area contributed by atoms with E-state index in [1.54, 1.807) is 12.3 Å². The van der Waals surface area contributed by atoms with Crippen LogP contribution >= 0.6 is 15.9 Å². The van der Waals surface area contributed by atoms with E-state index in [-0.39, 0.29) is 0 Å². The molecule has 0 atom stereocenters. The van der Waals surface area contributed by atoms with Crippen LogP contribution in [0.25, 0.3) is 0 Å². The molecule has 1 heterocycles. The number of hydrogen-bond acceptors (Lipinski definition) is 3. The molecule has 1 aromatic heterocycles. The number of benzene rings is 1. The van der Waals surface area contributed by atoms with Crippen LogP contribution < -0.4 is 10.5 Å².